The van der Waals surface area contributed by atoms with Crippen molar-refractivity contribution in [3.05, 3.63) is 209 Å². The van der Waals surface area contributed by atoms with Crippen molar-refractivity contribution in [2.75, 3.05) is 27.4 Å². The molecule has 11 rings (SSSR count). The topological polar surface area (TPSA) is 168 Å². The first-order valence-electron chi connectivity index (χ1n) is 27.7. The molecule has 0 bridgehead atoms. The third kappa shape index (κ3) is 13.9. The van der Waals surface area contributed by atoms with Gasteiger partial charge in [-0.25, -0.2) is 0 Å². The molecule has 5 saturated heterocycles. The maximum Gasteiger partial charge on any atom is 0.217 e. The van der Waals surface area contributed by atoms with Crippen molar-refractivity contribution in [1.82, 2.24) is 5.32 Å². The van der Waals surface area contributed by atoms with Crippen molar-refractivity contribution >= 4 is 5.91 Å². The van der Waals surface area contributed by atoms with Crippen LogP contribution < -0.4 is 10.1 Å². The summed E-state index contributed by atoms with van der Waals surface area (Å²) in [6, 6.07) is 55.9. The highest BCUT2D eigenvalue weighted by Crippen LogP contribution is 2.43. The molecule has 1 N–H and O–H groups in total. The maximum atomic E-state index is 13.3. The Hall–Kier alpha value is -5.97. The highest BCUT2D eigenvalue weighted by atomic mass is 16.8. The van der Waals surface area contributed by atoms with Gasteiger partial charge in [0.1, 0.15) is 72.8 Å². The molecule has 0 saturated carbocycles. The number of nitrogens with one attached hydrogen (secondary N) is 1. The molecule has 0 radical (unpaired) electrons. The molecule has 6 aromatic carbocycles. The summed E-state index contributed by atoms with van der Waals surface area (Å²) in [7, 11) is 3.11. The zero-order valence-electron chi connectivity index (χ0n) is 45.8. The molecule has 0 spiro atoms. The molecule has 6 aromatic rings. The van der Waals surface area contributed by atoms with E-state index in [-0.39, 0.29) is 45.5 Å². The number of methoxy groups -OCH3 is 2. The number of fused-ring (bicyclic) bond motifs is 2. The van der Waals surface area contributed by atoms with Crippen LogP contribution in [0.2, 0.25) is 0 Å². The molecule has 0 unspecified atom stereocenters. The second-order valence-electron chi connectivity index (χ2n) is 20.7. The molecule has 428 valence electrons. The van der Waals surface area contributed by atoms with Gasteiger partial charge in [0.25, 0.3) is 0 Å². The number of carbonyl (C=O) groups is 1. The van der Waals surface area contributed by atoms with E-state index < -0.39 is 105 Å². The largest absolute Gasteiger partial charge is 0.497 e. The Kier molecular flexibility index (Phi) is 19.2. The molecule has 5 aliphatic heterocycles. The average Bonchev–Trinajstić information content (AvgIpc) is 3.54. The fraction of sp³-hybridized carbons (Fsp3) is 0.422. The summed E-state index contributed by atoms with van der Waals surface area (Å²) in [6.45, 7) is 4.41. The van der Waals surface area contributed by atoms with E-state index in [1.807, 2.05) is 183 Å². The predicted molar refractivity (Wildman–Crippen MR) is 293 cm³/mol. The SMILES string of the molecule is COc1ccc([C@H]2OC[C@H]3O[C@H](OC)[C@H](NC(C)=O)[C@@H](O[C@@H]4O[C@@H]5CO[C@H](c6ccccc6)O[C@@H]5[C@H](OCc5ccccc5)[C@H]4O[C@@H]4O[C@@H](C)[C@@H](OCc5ccccc5)[C@@H](OCc5ccccc5)[C@@H]4OCc4ccccc4)[C@H]3O2)cc1. The lowest BCUT2D eigenvalue weighted by Crippen LogP contribution is -2.71. The predicted octanol–water partition coefficient (Wildman–Crippen LogP) is 8.68. The molecule has 5 heterocycles. The third-order valence-corrected chi connectivity index (χ3v) is 15.1. The molecule has 1 amide bonds. The number of hydrogen-bond donors (Lipinski definition) is 1. The number of amides is 1. The Balaban J connectivity index is 1.00. The molecule has 5 fully saturated rings. The Morgan fingerprint density at radius 2 is 0.877 bits per heavy atom. The van der Waals surface area contributed by atoms with E-state index in [9.17, 15) is 4.79 Å². The van der Waals surface area contributed by atoms with Gasteiger partial charge < -0.3 is 76.4 Å². The lowest BCUT2D eigenvalue weighted by Gasteiger charge is -2.54. The standard InChI is InChI=1S/C64H71NO16/c1-40-52(69-34-42-20-10-5-11-21-42)56(70-35-43-22-12-6-13-23-43)58(72-37-45-26-16-8-17-27-45)63(75-40)81-59-57(71-36-44-24-14-7-15-25-44)54-50(39-73-60(79-54)46-28-18-9-19-29-46)77-64(59)80-55-51(65-41(2)66)62(68-4)76-49-38-74-61(78-53(49)55)47-30-32-48(67-3)33-31-47/h5-33,40,49-64H,34-39H2,1-4H3,(H,65,66)/t40-,49+,50+,51+,52+,53-,54-,55+,56+,57-,58-,59+,60-,61-,62-,63-,64-/m0/s1. The van der Waals surface area contributed by atoms with Gasteiger partial charge in [0, 0.05) is 25.2 Å². The smallest absolute Gasteiger partial charge is 0.217 e. The van der Waals surface area contributed by atoms with E-state index in [1.165, 1.54) is 14.0 Å². The Bertz CT molecular complexity index is 2840. The quantitative estimate of drug-likeness (QED) is 0.0726. The lowest BCUT2D eigenvalue weighted by molar-refractivity contribution is -0.417. The molecule has 0 aliphatic carbocycles. The zero-order chi connectivity index (χ0) is 55.5. The molecule has 17 atom stereocenters. The average molecular weight is 1110 g/mol. The Morgan fingerprint density at radius 1 is 0.457 bits per heavy atom. The van der Waals surface area contributed by atoms with Crippen molar-refractivity contribution < 1.29 is 75.8 Å². The van der Waals surface area contributed by atoms with Crippen LogP contribution in [0, 0.1) is 0 Å². The number of carbonyl (C=O) groups excluding carboxylic acids is 1. The van der Waals surface area contributed by atoms with Gasteiger partial charge in [-0.05, 0) is 41.3 Å². The van der Waals surface area contributed by atoms with Gasteiger partial charge >= 0.3 is 0 Å². The first-order valence-corrected chi connectivity index (χ1v) is 27.7. The van der Waals surface area contributed by atoms with Crippen LogP contribution in [0.25, 0.3) is 0 Å². The van der Waals surface area contributed by atoms with Crippen LogP contribution in [0.3, 0.4) is 0 Å². The van der Waals surface area contributed by atoms with Gasteiger partial charge in [-0.1, -0.05) is 164 Å². The second kappa shape index (κ2) is 27.4. The minimum absolute atomic E-state index is 0.0944. The number of hydrogen-bond acceptors (Lipinski definition) is 16. The van der Waals surface area contributed by atoms with E-state index in [1.54, 1.807) is 7.11 Å². The first kappa shape index (κ1) is 56.9. The van der Waals surface area contributed by atoms with Crippen LogP contribution >= 0.6 is 0 Å². The summed E-state index contributed by atoms with van der Waals surface area (Å²) in [6.07, 6.45) is -14.4. The minimum Gasteiger partial charge on any atom is -0.497 e. The summed E-state index contributed by atoms with van der Waals surface area (Å²) in [5.74, 6) is 0.317. The van der Waals surface area contributed by atoms with E-state index >= 15 is 0 Å². The summed E-state index contributed by atoms with van der Waals surface area (Å²) in [5.41, 5.74) is 5.31. The van der Waals surface area contributed by atoms with E-state index in [0.717, 1.165) is 33.4 Å². The van der Waals surface area contributed by atoms with E-state index in [2.05, 4.69) is 5.32 Å². The van der Waals surface area contributed by atoms with Crippen LogP contribution in [-0.4, -0.2) is 125 Å². The first-order chi connectivity index (χ1) is 39.8. The van der Waals surface area contributed by atoms with Crippen molar-refractivity contribution in [2.45, 2.75) is 145 Å². The van der Waals surface area contributed by atoms with Crippen LogP contribution in [-0.2, 0) is 97.5 Å². The fourth-order valence-electron chi connectivity index (χ4n) is 11.1. The molecule has 17 nitrogen and oxygen atoms in total. The van der Waals surface area contributed by atoms with Crippen LogP contribution in [0.1, 0.15) is 59.8 Å². The molecule has 81 heavy (non-hydrogen) atoms. The second-order valence-corrected chi connectivity index (χ2v) is 20.7. The summed E-state index contributed by atoms with van der Waals surface area (Å²) in [4.78, 5) is 13.3. The van der Waals surface area contributed by atoms with Crippen LogP contribution in [0.15, 0.2) is 176 Å². The molecule has 5 aliphatic rings. The number of ether oxygens (including phenoxy) is 15. The minimum atomic E-state index is -1.31. The van der Waals surface area contributed by atoms with Crippen LogP contribution in [0.5, 0.6) is 5.75 Å². The normalized spacial score (nSPS) is 32.0. The number of benzene rings is 6. The van der Waals surface area contributed by atoms with Gasteiger partial charge in [0.2, 0.25) is 5.91 Å². The maximum absolute atomic E-state index is 13.3. The zero-order valence-corrected chi connectivity index (χ0v) is 45.8. The number of rotatable bonds is 21. The molecule has 17 heteroatoms. The fourth-order valence-corrected chi connectivity index (χ4v) is 11.1. The van der Waals surface area contributed by atoms with Crippen molar-refractivity contribution in [2.24, 2.45) is 0 Å². The Morgan fingerprint density at radius 3 is 1.37 bits per heavy atom. The van der Waals surface area contributed by atoms with Gasteiger partial charge in [-0.2, -0.15) is 0 Å². The van der Waals surface area contributed by atoms with Gasteiger partial charge in [0.05, 0.1) is 52.9 Å². The molecule has 0 aromatic heterocycles. The summed E-state index contributed by atoms with van der Waals surface area (Å²) < 4.78 is 102. The van der Waals surface area contributed by atoms with Crippen molar-refractivity contribution in [3.8, 4) is 5.75 Å². The highest BCUT2D eigenvalue weighted by molar-refractivity contribution is 5.73. The van der Waals surface area contributed by atoms with E-state index in [4.69, 9.17) is 71.1 Å². The van der Waals surface area contributed by atoms with Crippen molar-refractivity contribution in [3.63, 3.8) is 0 Å². The van der Waals surface area contributed by atoms with Gasteiger partial charge in [-0.15, -0.1) is 0 Å². The molecular formula is C64H71NO16. The monoisotopic (exact) mass is 1110 g/mol. The highest BCUT2D eigenvalue weighted by Gasteiger charge is 2.59. The Labute approximate surface area is 472 Å². The van der Waals surface area contributed by atoms with E-state index in [0.29, 0.717) is 5.75 Å². The lowest BCUT2D eigenvalue weighted by atomic mass is 9.93. The third-order valence-electron chi connectivity index (χ3n) is 15.1. The van der Waals surface area contributed by atoms with Crippen molar-refractivity contribution in [1.29, 1.82) is 0 Å². The summed E-state index contributed by atoms with van der Waals surface area (Å²) >= 11 is 0. The summed E-state index contributed by atoms with van der Waals surface area (Å²) in [5, 5.41) is 3.06. The van der Waals surface area contributed by atoms with Gasteiger partial charge in [0.15, 0.2) is 31.5 Å². The van der Waals surface area contributed by atoms with Crippen LogP contribution in [0.4, 0.5) is 0 Å². The molecular weight excluding hydrogens is 1040 g/mol. The van der Waals surface area contributed by atoms with Gasteiger partial charge in [-0.3, -0.25) is 4.79 Å².